The van der Waals surface area contributed by atoms with E-state index in [1.54, 1.807) is 13.0 Å². The van der Waals surface area contributed by atoms with Crippen LogP contribution in [0.4, 0.5) is 0 Å². The molecular weight excluding hydrogens is 292 g/mol. The summed E-state index contributed by atoms with van der Waals surface area (Å²) < 4.78 is 17.3. The Labute approximate surface area is 129 Å². The highest BCUT2D eigenvalue weighted by atomic mass is 35.5. The van der Waals surface area contributed by atoms with Crippen molar-refractivity contribution in [2.45, 2.75) is 50.9 Å². The summed E-state index contributed by atoms with van der Waals surface area (Å²) in [7, 11) is 0. The average molecular weight is 311 g/mol. The molecule has 114 valence electrons. The van der Waals surface area contributed by atoms with Crippen LogP contribution in [0.1, 0.15) is 50.7 Å². The van der Waals surface area contributed by atoms with E-state index in [1.807, 2.05) is 12.1 Å². The molecule has 1 aromatic rings. The predicted octanol–water partition coefficient (Wildman–Crippen LogP) is 4.01. The average Bonchev–Trinajstić information content (AvgIpc) is 2.88. The Balaban J connectivity index is 1.91. The third kappa shape index (κ3) is 2.87. The third-order valence-corrected chi connectivity index (χ3v) is 4.31. The maximum absolute atomic E-state index is 11.8. The standard InChI is InChI=1S/C16H19ClO4/c1-2-19-14(18)10-13-11-6-5-7-12(17)15(11)21-16(20-13)8-3-4-9-16/h5-7,13H,2-4,8-10H2,1H3. The number of fused-ring (bicyclic) bond motifs is 1. The first kappa shape index (κ1) is 14.7. The van der Waals surface area contributed by atoms with Gasteiger partial charge in [0.2, 0.25) is 5.79 Å². The number of rotatable bonds is 3. The van der Waals surface area contributed by atoms with Crippen molar-refractivity contribution in [1.82, 2.24) is 0 Å². The molecule has 2 aliphatic rings. The van der Waals surface area contributed by atoms with Crippen LogP contribution in [-0.2, 0) is 14.3 Å². The second-order valence-corrected chi connectivity index (χ2v) is 5.90. The Bertz CT molecular complexity index is 537. The van der Waals surface area contributed by atoms with E-state index in [9.17, 15) is 4.79 Å². The van der Waals surface area contributed by atoms with Gasteiger partial charge in [-0.2, -0.15) is 0 Å². The molecule has 0 saturated heterocycles. The van der Waals surface area contributed by atoms with Crippen molar-refractivity contribution in [3.05, 3.63) is 28.8 Å². The number of halogens is 1. The monoisotopic (exact) mass is 310 g/mol. The topological polar surface area (TPSA) is 44.8 Å². The van der Waals surface area contributed by atoms with Crippen LogP contribution in [0.15, 0.2) is 18.2 Å². The molecule has 0 N–H and O–H groups in total. The first-order valence-electron chi connectivity index (χ1n) is 7.44. The van der Waals surface area contributed by atoms with Gasteiger partial charge in [0, 0.05) is 18.4 Å². The molecule has 1 spiro atoms. The van der Waals surface area contributed by atoms with Crippen LogP contribution in [0, 0.1) is 0 Å². The van der Waals surface area contributed by atoms with Crippen molar-refractivity contribution in [3.8, 4) is 5.75 Å². The van der Waals surface area contributed by atoms with Gasteiger partial charge in [-0.3, -0.25) is 4.79 Å². The first-order chi connectivity index (χ1) is 10.1. The number of hydrogen-bond acceptors (Lipinski definition) is 4. The van der Waals surface area contributed by atoms with Crippen LogP contribution in [0.25, 0.3) is 0 Å². The van der Waals surface area contributed by atoms with Crippen LogP contribution < -0.4 is 4.74 Å². The van der Waals surface area contributed by atoms with E-state index in [4.69, 9.17) is 25.8 Å². The summed E-state index contributed by atoms with van der Waals surface area (Å²) in [4.78, 5) is 11.8. The zero-order chi connectivity index (χ0) is 14.9. The molecule has 1 aromatic carbocycles. The van der Waals surface area contributed by atoms with Crippen molar-refractivity contribution < 1.29 is 19.0 Å². The van der Waals surface area contributed by atoms with Gasteiger partial charge >= 0.3 is 5.97 Å². The van der Waals surface area contributed by atoms with Gasteiger partial charge in [-0.05, 0) is 25.8 Å². The molecule has 21 heavy (non-hydrogen) atoms. The molecule has 5 heteroatoms. The fraction of sp³-hybridized carbons (Fsp3) is 0.562. The molecule has 0 amide bonds. The molecule has 1 aliphatic carbocycles. The third-order valence-electron chi connectivity index (χ3n) is 4.01. The highest BCUT2D eigenvalue weighted by molar-refractivity contribution is 6.32. The molecule has 4 nitrogen and oxygen atoms in total. The highest BCUT2D eigenvalue weighted by Gasteiger charge is 2.45. The van der Waals surface area contributed by atoms with Gasteiger partial charge in [-0.15, -0.1) is 0 Å². The molecule has 3 rings (SSSR count). The summed E-state index contributed by atoms with van der Waals surface area (Å²) in [5.41, 5.74) is 0.827. The van der Waals surface area contributed by atoms with E-state index >= 15 is 0 Å². The van der Waals surface area contributed by atoms with Crippen molar-refractivity contribution in [2.75, 3.05) is 6.61 Å². The van der Waals surface area contributed by atoms with E-state index in [1.165, 1.54) is 0 Å². The summed E-state index contributed by atoms with van der Waals surface area (Å²) in [6, 6.07) is 5.54. The zero-order valence-corrected chi connectivity index (χ0v) is 12.8. The molecular formula is C16H19ClO4. The van der Waals surface area contributed by atoms with Crippen molar-refractivity contribution in [3.63, 3.8) is 0 Å². The van der Waals surface area contributed by atoms with Crippen molar-refractivity contribution in [1.29, 1.82) is 0 Å². The number of esters is 1. The lowest BCUT2D eigenvalue weighted by molar-refractivity contribution is -0.228. The highest BCUT2D eigenvalue weighted by Crippen LogP contribution is 2.49. The maximum Gasteiger partial charge on any atom is 0.308 e. The lowest BCUT2D eigenvalue weighted by Crippen LogP contribution is -2.41. The lowest BCUT2D eigenvalue weighted by Gasteiger charge is -2.40. The van der Waals surface area contributed by atoms with Gasteiger partial charge in [0.15, 0.2) is 0 Å². The Morgan fingerprint density at radius 1 is 1.43 bits per heavy atom. The summed E-state index contributed by atoms with van der Waals surface area (Å²) in [5.74, 6) is -0.236. The largest absolute Gasteiger partial charge is 0.466 e. The number of carbonyl (C=O) groups is 1. The van der Waals surface area contributed by atoms with Gasteiger partial charge in [0.05, 0.1) is 18.1 Å². The molecule has 1 unspecified atom stereocenters. The molecule has 0 radical (unpaired) electrons. The molecule has 1 heterocycles. The van der Waals surface area contributed by atoms with Crippen molar-refractivity contribution in [2.24, 2.45) is 0 Å². The summed E-state index contributed by atoms with van der Waals surface area (Å²) >= 11 is 6.27. The Morgan fingerprint density at radius 3 is 2.90 bits per heavy atom. The number of hydrogen-bond donors (Lipinski definition) is 0. The van der Waals surface area contributed by atoms with Gasteiger partial charge in [-0.1, -0.05) is 23.7 Å². The smallest absolute Gasteiger partial charge is 0.308 e. The van der Waals surface area contributed by atoms with Gasteiger partial charge in [0.1, 0.15) is 11.9 Å². The Morgan fingerprint density at radius 2 is 2.19 bits per heavy atom. The zero-order valence-electron chi connectivity index (χ0n) is 12.1. The van der Waals surface area contributed by atoms with Gasteiger partial charge in [0.25, 0.3) is 0 Å². The number of ether oxygens (including phenoxy) is 3. The van der Waals surface area contributed by atoms with E-state index < -0.39 is 5.79 Å². The summed E-state index contributed by atoms with van der Waals surface area (Å²) in [6.07, 6.45) is 3.61. The van der Waals surface area contributed by atoms with Gasteiger partial charge < -0.3 is 14.2 Å². The van der Waals surface area contributed by atoms with Gasteiger partial charge in [-0.25, -0.2) is 0 Å². The minimum absolute atomic E-state index is 0.187. The van der Waals surface area contributed by atoms with Crippen molar-refractivity contribution >= 4 is 17.6 Å². The normalized spacial score (nSPS) is 22.7. The van der Waals surface area contributed by atoms with Crippen LogP contribution >= 0.6 is 11.6 Å². The predicted molar refractivity (Wildman–Crippen MR) is 78.4 cm³/mol. The Kier molecular flexibility index (Phi) is 4.09. The Hall–Kier alpha value is -1.26. The molecule has 1 saturated carbocycles. The molecule has 1 aliphatic heterocycles. The second-order valence-electron chi connectivity index (χ2n) is 5.49. The van der Waals surface area contributed by atoms with Crippen LogP contribution in [0.5, 0.6) is 5.75 Å². The van der Waals surface area contributed by atoms with E-state index in [0.717, 1.165) is 31.2 Å². The minimum Gasteiger partial charge on any atom is -0.466 e. The van der Waals surface area contributed by atoms with Crippen LogP contribution in [0.2, 0.25) is 5.02 Å². The summed E-state index contributed by atoms with van der Waals surface area (Å²) in [5, 5.41) is 0.566. The quantitative estimate of drug-likeness (QED) is 0.791. The molecule has 1 atom stereocenters. The molecule has 1 fully saturated rings. The fourth-order valence-corrected chi connectivity index (χ4v) is 3.30. The van der Waals surface area contributed by atoms with E-state index in [-0.39, 0.29) is 18.5 Å². The fourth-order valence-electron chi connectivity index (χ4n) is 3.08. The van der Waals surface area contributed by atoms with Crippen LogP contribution in [0.3, 0.4) is 0 Å². The maximum atomic E-state index is 11.8. The number of para-hydroxylation sites is 1. The molecule has 0 aromatic heterocycles. The number of carbonyl (C=O) groups excluding carboxylic acids is 1. The first-order valence-corrected chi connectivity index (χ1v) is 7.82. The van der Waals surface area contributed by atoms with E-state index in [2.05, 4.69) is 0 Å². The van der Waals surface area contributed by atoms with Crippen LogP contribution in [-0.4, -0.2) is 18.4 Å². The molecule has 0 bridgehead atoms. The summed E-state index contributed by atoms with van der Waals surface area (Å²) in [6.45, 7) is 2.17. The SMILES string of the molecule is CCOC(=O)CC1OC2(CCCC2)Oc2c(Cl)cccc21. The second kappa shape index (κ2) is 5.85. The lowest BCUT2D eigenvalue weighted by atomic mass is 10.0. The minimum atomic E-state index is -0.630. The number of benzene rings is 1. The van der Waals surface area contributed by atoms with E-state index in [0.29, 0.717) is 17.4 Å².